The Bertz CT molecular complexity index is 831. The monoisotopic (exact) mass is 325 g/mol. The molecule has 6 heteroatoms. The second-order valence-corrected chi connectivity index (χ2v) is 6.29. The summed E-state index contributed by atoms with van der Waals surface area (Å²) in [5.41, 5.74) is 0.708. The zero-order valence-electron chi connectivity index (χ0n) is 13.3. The van der Waals surface area contributed by atoms with Gasteiger partial charge in [-0.05, 0) is 24.8 Å². The zero-order valence-corrected chi connectivity index (χ0v) is 13.3. The van der Waals surface area contributed by atoms with E-state index in [0.29, 0.717) is 13.2 Å². The molecule has 2 aliphatic heterocycles. The molecule has 4 rings (SSSR count). The molecule has 0 saturated carbocycles. The van der Waals surface area contributed by atoms with E-state index in [1.54, 1.807) is 15.8 Å². The molecule has 0 spiro atoms. The van der Waals surface area contributed by atoms with Crippen molar-refractivity contribution in [1.29, 1.82) is 0 Å². The van der Waals surface area contributed by atoms with Gasteiger partial charge in [0.05, 0.1) is 6.04 Å². The Hall–Kier alpha value is -2.76. The summed E-state index contributed by atoms with van der Waals surface area (Å²) in [6.07, 6.45) is 4.48. The largest absolute Gasteiger partial charge is 0.502 e. The molecule has 0 aliphatic carbocycles. The van der Waals surface area contributed by atoms with Crippen LogP contribution < -0.4 is 10.4 Å². The highest BCUT2D eigenvalue weighted by molar-refractivity contribution is 5.96. The van der Waals surface area contributed by atoms with Crippen LogP contribution in [0.5, 0.6) is 5.75 Å². The summed E-state index contributed by atoms with van der Waals surface area (Å²) >= 11 is 0. The van der Waals surface area contributed by atoms with E-state index in [0.717, 1.165) is 24.8 Å². The molecule has 0 radical (unpaired) electrons. The molecule has 1 saturated heterocycles. The highest BCUT2D eigenvalue weighted by Gasteiger charge is 2.36. The van der Waals surface area contributed by atoms with Crippen LogP contribution in [0.1, 0.15) is 41.4 Å². The van der Waals surface area contributed by atoms with Crippen molar-refractivity contribution in [3.8, 4) is 5.75 Å². The first-order chi connectivity index (χ1) is 11.7. The van der Waals surface area contributed by atoms with Gasteiger partial charge in [0, 0.05) is 18.8 Å². The van der Waals surface area contributed by atoms with Gasteiger partial charge in [-0.15, -0.1) is 0 Å². The van der Waals surface area contributed by atoms with Crippen molar-refractivity contribution in [2.45, 2.75) is 25.3 Å². The lowest BCUT2D eigenvalue weighted by Crippen LogP contribution is -2.56. The number of pyridine rings is 1. The standard InChI is InChI=1S/C18H19N3O3/c22-15-9-11-20-16(17(15)23)18(24)19-10-5-4-8-14(21(20)12-19)13-6-2-1-3-7-13/h1-3,6-7,9,11,14,23H,4-5,8,10,12H2. The fourth-order valence-corrected chi connectivity index (χ4v) is 3.61. The number of carbonyl (C=O) groups is 1. The third-order valence-electron chi connectivity index (χ3n) is 4.84. The lowest BCUT2D eigenvalue weighted by Gasteiger charge is -2.45. The van der Waals surface area contributed by atoms with Gasteiger partial charge in [-0.2, -0.15) is 0 Å². The molecular weight excluding hydrogens is 306 g/mol. The van der Waals surface area contributed by atoms with Gasteiger partial charge in [-0.3, -0.25) is 19.3 Å². The van der Waals surface area contributed by atoms with Crippen LogP contribution in [0.3, 0.4) is 0 Å². The molecule has 124 valence electrons. The fraction of sp³-hybridized carbons (Fsp3) is 0.333. The van der Waals surface area contributed by atoms with Crippen molar-refractivity contribution in [3.05, 3.63) is 64.1 Å². The van der Waals surface area contributed by atoms with Gasteiger partial charge >= 0.3 is 0 Å². The maximum absolute atomic E-state index is 12.7. The summed E-state index contributed by atoms with van der Waals surface area (Å²) in [4.78, 5) is 26.2. The van der Waals surface area contributed by atoms with E-state index in [1.165, 1.54) is 6.07 Å². The van der Waals surface area contributed by atoms with Gasteiger partial charge in [0.1, 0.15) is 6.67 Å². The second-order valence-electron chi connectivity index (χ2n) is 6.29. The maximum Gasteiger partial charge on any atom is 0.277 e. The maximum atomic E-state index is 12.7. The second kappa shape index (κ2) is 5.70. The van der Waals surface area contributed by atoms with Crippen LogP contribution in [0, 0.1) is 0 Å². The van der Waals surface area contributed by atoms with Crippen LogP contribution in [0.15, 0.2) is 47.4 Å². The molecular formula is C18H19N3O3. The molecule has 2 aliphatic rings. The number of nitrogens with zero attached hydrogens (tertiary/aromatic N) is 3. The number of carbonyl (C=O) groups excluding carboxylic acids is 1. The minimum atomic E-state index is -0.523. The Morgan fingerprint density at radius 1 is 1.04 bits per heavy atom. The Morgan fingerprint density at radius 3 is 2.62 bits per heavy atom. The molecule has 1 N–H and O–H groups in total. The molecule has 1 aromatic heterocycles. The molecule has 24 heavy (non-hydrogen) atoms. The summed E-state index contributed by atoms with van der Waals surface area (Å²) in [6, 6.07) is 11.5. The Labute approximate surface area is 139 Å². The predicted molar refractivity (Wildman–Crippen MR) is 89.5 cm³/mol. The first kappa shape index (κ1) is 14.8. The number of amides is 1. The number of rotatable bonds is 1. The first-order valence-electron chi connectivity index (χ1n) is 8.22. The van der Waals surface area contributed by atoms with Gasteiger partial charge in [0.25, 0.3) is 5.91 Å². The number of benzene rings is 1. The lowest BCUT2D eigenvalue weighted by atomic mass is 9.99. The fourth-order valence-electron chi connectivity index (χ4n) is 3.61. The summed E-state index contributed by atoms with van der Waals surface area (Å²) < 4.78 is 1.65. The number of hydrogen-bond acceptors (Lipinski definition) is 4. The van der Waals surface area contributed by atoms with E-state index >= 15 is 0 Å². The SMILES string of the molecule is O=C1c2c(O)c(=O)ccn2N2CN1CCCCC2c1ccccc1. The Balaban J connectivity index is 1.88. The van der Waals surface area contributed by atoms with Crippen LogP contribution in [0.25, 0.3) is 0 Å². The molecule has 1 amide bonds. The van der Waals surface area contributed by atoms with E-state index in [4.69, 9.17) is 0 Å². The van der Waals surface area contributed by atoms with Gasteiger partial charge in [0.2, 0.25) is 5.43 Å². The minimum absolute atomic E-state index is 0.0663. The van der Waals surface area contributed by atoms with Crippen molar-refractivity contribution in [2.24, 2.45) is 0 Å². The first-order valence-corrected chi connectivity index (χ1v) is 8.22. The predicted octanol–water partition coefficient (Wildman–Crippen LogP) is 1.83. The highest BCUT2D eigenvalue weighted by atomic mass is 16.3. The summed E-state index contributed by atoms with van der Waals surface area (Å²) in [6.45, 7) is 1.09. The molecule has 2 aromatic rings. The van der Waals surface area contributed by atoms with Crippen molar-refractivity contribution in [2.75, 3.05) is 18.2 Å². The zero-order chi connectivity index (χ0) is 16.7. The Morgan fingerprint density at radius 2 is 1.83 bits per heavy atom. The van der Waals surface area contributed by atoms with Gasteiger partial charge in [-0.1, -0.05) is 30.3 Å². The van der Waals surface area contributed by atoms with Crippen LogP contribution >= 0.6 is 0 Å². The quantitative estimate of drug-likeness (QED) is 0.869. The normalized spacial score (nSPS) is 20.3. The van der Waals surface area contributed by atoms with E-state index < -0.39 is 11.2 Å². The van der Waals surface area contributed by atoms with Gasteiger partial charge in [0.15, 0.2) is 11.4 Å². The van der Waals surface area contributed by atoms with Crippen molar-refractivity contribution >= 4 is 5.91 Å². The van der Waals surface area contributed by atoms with Crippen molar-refractivity contribution < 1.29 is 9.90 Å². The van der Waals surface area contributed by atoms with E-state index in [-0.39, 0.29) is 17.6 Å². The van der Waals surface area contributed by atoms with Gasteiger partial charge < -0.3 is 10.0 Å². The van der Waals surface area contributed by atoms with Crippen LogP contribution in [0.4, 0.5) is 0 Å². The highest BCUT2D eigenvalue weighted by Crippen LogP contribution is 2.32. The number of aromatic hydroxyl groups is 1. The third kappa shape index (κ3) is 2.26. The minimum Gasteiger partial charge on any atom is -0.502 e. The average Bonchev–Trinajstić information content (AvgIpc) is 2.58. The summed E-state index contributed by atoms with van der Waals surface area (Å²) in [7, 11) is 0. The third-order valence-corrected chi connectivity index (χ3v) is 4.84. The van der Waals surface area contributed by atoms with E-state index in [9.17, 15) is 14.7 Å². The van der Waals surface area contributed by atoms with E-state index in [1.807, 2.05) is 18.2 Å². The molecule has 6 nitrogen and oxygen atoms in total. The number of fused-ring (bicyclic) bond motifs is 4. The lowest BCUT2D eigenvalue weighted by molar-refractivity contribution is 0.0654. The molecule has 2 bridgehead atoms. The van der Waals surface area contributed by atoms with Crippen LogP contribution in [0.2, 0.25) is 0 Å². The topological polar surface area (TPSA) is 65.8 Å². The molecule has 1 aromatic carbocycles. The smallest absolute Gasteiger partial charge is 0.277 e. The number of aromatic nitrogens is 1. The van der Waals surface area contributed by atoms with Gasteiger partial charge in [-0.25, -0.2) is 0 Å². The van der Waals surface area contributed by atoms with Crippen LogP contribution in [-0.4, -0.2) is 33.8 Å². The molecule has 3 heterocycles. The summed E-state index contributed by atoms with van der Waals surface area (Å²) in [5, 5.41) is 12.2. The van der Waals surface area contributed by atoms with E-state index in [2.05, 4.69) is 17.1 Å². The Kier molecular flexibility index (Phi) is 3.52. The van der Waals surface area contributed by atoms with Crippen molar-refractivity contribution in [1.82, 2.24) is 9.58 Å². The number of hydrogen-bond donors (Lipinski definition) is 1. The summed E-state index contributed by atoms with van der Waals surface area (Å²) in [5.74, 6) is -0.750. The molecule has 1 unspecified atom stereocenters. The van der Waals surface area contributed by atoms with Crippen LogP contribution in [-0.2, 0) is 0 Å². The van der Waals surface area contributed by atoms with Crippen molar-refractivity contribution in [3.63, 3.8) is 0 Å². The molecule has 1 fully saturated rings. The molecule has 1 atom stereocenters. The average molecular weight is 325 g/mol.